The van der Waals surface area contributed by atoms with Crippen LogP contribution in [0.1, 0.15) is 58.3 Å². The van der Waals surface area contributed by atoms with E-state index in [0.29, 0.717) is 30.1 Å². The minimum Gasteiger partial charge on any atom is -0.396 e. The smallest absolute Gasteiger partial charge is 0.134 e. The van der Waals surface area contributed by atoms with Crippen molar-refractivity contribution in [2.24, 2.45) is 34.0 Å². The van der Waals surface area contributed by atoms with E-state index >= 15 is 0 Å². The van der Waals surface area contributed by atoms with Gasteiger partial charge in [0, 0.05) is 18.3 Å². The summed E-state index contributed by atoms with van der Waals surface area (Å²) >= 11 is 0. The predicted octanol–water partition coefficient (Wildman–Crippen LogP) is 3.10. The Morgan fingerprint density at radius 1 is 1.09 bits per heavy atom. The van der Waals surface area contributed by atoms with E-state index in [0.717, 1.165) is 12.8 Å². The number of fused-ring (bicyclic) bond motifs is 3. The van der Waals surface area contributed by atoms with Crippen LogP contribution in [0.3, 0.4) is 0 Å². The van der Waals surface area contributed by atoms with Crippen molar-refractivity contribution in [2.75, 3.05) is 13.2 Å². The Morgan fingerprint density at radius 2 is 1.83 bits per heavy atom. The molecule has 5 atom stereocenters. The molecule has 0 radical (unpaired) electrons. The van der Waals surface area contributed by atoms with Crippen LogP contribution in [0.5, 0.6) is 0 Å². The first-order valence-corrected chi connectivity index (χ1v) is 9.30. The van der Waals surface area contributed by atoms with Crippen LogP contribution in [0.15, 0.2) is 12.2 Å². The van der Waals surface area contributed by atoms with Gasteiger partial charge in [-0.25, -0.2) is 0 Å². The van der Waals surface area contributed by atoms with Gasteiger partial charge in [0.1, 0.15) is 5.78 Å². The molecule has 4 rings (SSSR count). The molecule has 4 saturated carbocycles. The van der Waals surface area contributed by atoms with Gasteiger partial charge in [0.25, 0.3) is 0 Å². The Kier molecular flexibility index (Phi) is 3.39. The Morgan fingerprint density at radius 3 is 2.52 bits per heavy atom. The highest BCUT2D eigenvalue weighted by molar-refractivity contribution is 5.81. The molecule has 0 aliphatic heterocycles. The number of Topliss-reactive ketones (excluding diaryl/α,β-unsaturated/α-hetero) is 1. The van der Waals surface area contributed by atoms with Crippen LogP contribution in [0, 0.1) is 34.0 Å². The third kappa shape index (κ3) is 1.93. The van der Waals surface area contributed by atoms with Crippen LogP contribution >= 0.6 is 0 Å². The Balaban J connectivity index is 1.77. The van der Waals surface area contributed by atoms with Gasteiger partial charge in [0.2, 0.25) is 0 Å². The molecule has 0 aromatic carbocycles. The van der Waals surface area contributed by atoms with Crippen molar-refractivity contribution >= 4 is 5.78 Å². The van der Waals surface area contributed by atoms with E-state index in [4.69, 9.17) is 0 Å². The highest BCUT2D eigenvalue weighted by atomic mass is 16.3. The van der Waals surface area contributed by atoms with E-state index in [2.05, 4.69) is 13.5 Å². The third-order valence-corrected chi connectivity index (χ3v) is 8.37. The first-order chi connectivity index (χ1) is 10.9. The number of allylic oxidation sites excluding steroid dienone is 1. The topological polar surface area (TPSA) is 57.5 Å². The lowest BCUT2D eigenvalue weighted by molar-refractivity contribution is -0.181. The molecule has 4 aliphatic carbocycles. The number of aliphatic hydroxyl groups is 2. The van der Waals surface area contributed by atoms with Gasteiger partial charge in [-0.15, -0.1) is 0 Å². The lowest BCUT2D eigenvalue weighted by atomic mass is 9.40. The summed E-state index contributed by atoms with van der Waals surface area (Å²) in [6.07, 6.45) is 8.04. The van der Waals surface area contributed by atoms with Crippen LogP contribution in [0.25, 0.3) is 0 Å². The average Bonchev–Trinajstić information content (AvgIpc) is 2.74. The Bertz CT molecular complexity index is 549. The normalized spacial score (nSPS) is 48.0. The van der Waals surface area contributed by atoms with Gasteiger partial charge in [-0.1, -0.05) is 19.1 Å². The van der Waals surface area contributed by atoms with Crippen LogP contribution in [0.4, 0.5) is 0 Å². The van der Waals surface area contributed by atoms with Crippen molar-refractivity contribution in [2.45, 2.75) is 58.3 Å². The second-order valence-corrected chi connectivity index (χ2v) is 9.40. The molecule has 3 heteroatoms. The summed E-state index contributed by atoms with van der Waals surface area (Å²) < 4.78 is 0. The number of ketones is 1. The van der Waals surface area contributed by atoms with E-state index in [9.17, 15) is 15.0 Å². The molecule has 0 saturated heterocycles. The van der Waals surface area contributed by atoms with Gasteiger partial charge in [0.15, 0.2) is 0 Å². The molecule has 0 aromatic rings. The zero-order valence-corrected chi connectivity index (χ0v) is 14.3. The van der Waals surface area contributed by atoms with Gasteiger partial charge in [-0.2, -0.15) is 0 Å². The highest BCUT2D eigenvalue weighted by Crippen LogP contribution is 2.71. The second kappa shape index (κ2) is 4.92. The summed E-state index contributed by atoms with van der Waals surface area (Å²) in [6, 6.07) is 0. The lowest BCUT2D eigenvalue weighted by Crippen LogP contribution is -2.60. The highest BCUT2D eigenvalue weighted by Gasteiger charge is 2.65. The molecular formula is C20H30O3. The van der Waals surface area contributed by atoms with E-state index in [1.807, 2.05) is 0 Å². The molecule has 128 valence electrons. The molecule has 4 aliphatic rings. The molecule has 4 fully saturated rings. The second-order valence-electron chi connectivity index (χ2n) is 9.40. The maximum atomic E-state index is 12.6. The first kappa shape index (κ1) is 15.8. The molecule has 1 spiro atoms. The molecule has 2 bridgehead atoms. The van der Waals surface area contributed by atoms with Gasteiger partial charge in [-0.3, -0.25) is 4.79 Å². The predicted molar refractivity (Wildman–Crippen MR) is 88.7 cm³/mol. The molecule has 0 heterocycles. The number of rotatable bonds is 2. The zero-order valence-electron chi connectivity index (χ0n) is 14.3. The maximum Gasteiger partial charge on any atom is 0.134 e. The van der Waals surface area contributed by atoms with E-state index in [-0.39, 0.29) is 30.3 Å². The van der Waals surface area contributed by atoms with Crippen molar-refractivity contribution in [3.05, 3.63) is 12.2 Å². The molecule has 3 nitrogen and oxygen atoms in total. The average molecular weight is 318 g/mol. The van der Waals surface area contributed by atoms with Crippen molar-refractivity contribution in [3.8, 4) is 0 Å². The molecule has 0 amide bonds. The van der Waals surface area contributed by atoms with Crippen LogP contribution in [0.2, 0.25) is 0 Å². The summed E-state index contributed by atoms with van der Waals surface area (Å²) in [5.41, 5.74) is 1.12. The number of aliphatic hydroxyl groups excluding tert-OH is 2. The van der Waals surface area contributed by atoms with Crippen LogP contribution < -0.4 is 0 Å². The summed E-state index contributed by atoms with van der Waals surface area (Å²) in [4.78, 5) is 12.6. The minimum atomic E-state index is -0.599. The third-order valence-electron chi connectivity index (χ3n) is 8.37. The van der Waals surface area contributed by atoms with Gasteiger partial charge < -0.3 is 10.2 Å². The fraction of sp³-hybridized carbons (Fsp3) is 0.850. The summed E-state index contributed by atoms with van der Waals surface area (Å²) in [7, 11) is 0. The standard InChI is InChI=1S/C20H30O3/c1-13-7-19-6-5-17-18(2,16(19)4-3-14(13)8-19)9-15(23)10-20(17,11-21)12-22/h14,16-17,21-22H,1,3-12H2,2H3/t14-,16-,17-,18-,19-/m0/s1. The number of hydrogen-bond acceptors (Lipinski definition) is 3. The van der Waals surface area contributed by atoms with Gasteiger partial charge in [0.05, 0.1) is 13.2 Å². The Hall–Kier alpha value is -0.670. The first-order valence-electron chi connectivity index (χ1n) is 9.30. The van der Waals surface area contributed by atoms with E-state index in [1.54, 1.807) is 0 Å². The summed E-state index contributed by atoms with van der Waals surface area (Å²) in [5.74, 6) is 1.75. The monoisotopic (exact) mass is 318 g/mol. The number of carbonyl (C=O) groups is 1. The largest absolute Gasteiger partial charge is 0.396 e. The molecule has 0 aromatic heterocycles. The number of carbonyl (C=O) groups excluding carboxylic acids is 1. The zero-order chi connectivity index (χ0) is 16.5. The van der Waals surface area contributed by atoms with Gasteiger partial charge >= 0.3 is 0 Å². The lowest BCUT2D eigenvalue weighted by Gasteiger charge is -2.63. The van der Waals surface area contributed by atoms with Crippen molar-refractivity contribution in [1.82, 2.24) is 0 Å². The van der Waals surface area contributed by atoms with E-state index < -0.39 is 5.41 Å². The quantitative estimate of drug-likeness (QED) is 0.769. The van der Waals surface area contributed by atoms with Crippen LogP contribution in [-0.4, -0.2) is 29.2 Å². The SMILES string of the molecule is C=C1C[C@]23CC[C@@H]4C(CO)(CO)CC(=O)C[C@@]4(C)[C@@H]2CC[C@H]1C3. The Labute approximate surface area is 139 Å². The fourth-order valence-corrected chi connectivity index (χ4v) is 7.59. The molecule has 2 N–H and O–H groups in total. The van der Waals surface area contributed by atoms with Crippen molar-refractivity contribution in [3.63, 3.8) is 0 Å². The fourth-order valence-electron chi connectivity index (χ4n) is 7.59. The summed E-state index contributed by atoms with van der Waals surface area (Å²) in [6.45, 7) is 6.50. The van der Waals surface area contributed by atoms with Crippen LogP contribution in [-0.2, 0) is 4.79 Å². The molecule has 23 heavy (non-hydrogen) atoms. The molecule has 0 unspecified atom stereocenters. The van der Waals surface area contributed by atoms with Gasteiger partial charge in [-0.05, 0) is 67.1 Å². The molecular weight excluding hydrogens is 288 g/mol. The van der Waals surface area contributed by atoms with Crippen molar-refractivity contribution < 1.29 is 15.0 Å². The minimum absolute atomic E-state index is 0.0609. The summed E-state index contributed by atoms with van der Waals surface area (Å²) in [5, 5.41) is 20.1. The van der Waals surface area contributed by atoms with E-state index in [1.165, 1.54) is 31.3 Å². The maximum absolute atomic E-state index is 12.6. The number of hydrogen-bond donors (Lipinski definition) is 2. The van der Waals surface area contributed by atoms with Crippen molar-refractivity contribution in [1.29, 1.82) is 0 Å².